The molecule has 0 aromatic heterocycles. The van der Waals surface area contributed by atoms with Crippen LogP contribution in [-0.2, 0) is 9.84 Å². The summed E-state index contributed by atoms with van der Waals surface area (Å²) >= 11 is 0. The van der Waals surface area contributed by atoms with Crippen LogP contribution in [0.3, 0.4) is 0 Å². The van der Waals surface area contributed by atoms with Gasteiger partial charge in [-0.3, -0.25) is 4.90 Å². The van der Waals surface area contributed by atoms with Crippen molar-refractivity contribution in [1.82, 2.24) is 10.2 Å². The summed E-state index contributed by atoms with van der Waals surface area (Å²) in [6, 6.07) is 0.595. The van der Waals surface area contributed by atoms with Gasteiger partial charge in [0.25, 0.3) is 0 Å². The third-order valence-corrected chi connectivity index (χ3v) is 5.32. The van der Waals surface area contributed by atoms with Gasteiger partial charge >= 0.3 is 0 Å². The molecule has 1 aliphatic heterocycles. The highest BCUT2D eigenvalue weighted by Gasteiger charge is 2.21. The van der Waals surface area contributed by atoms with Crippen LogP contribution in [0.2, 0.25) is 0 Å². The highest BCUT2D eigenvalue weighted by Crippen LogP contribution is 2.16. The Hall–Kier alpha value is -0.130. The second kappa shape index (κ2) is 7.34. The number of hydrogen-bond acceptors (Lipinski definition) is 4. The third-order valence-electron chi connectivity index (χ3n) is 3.53. The van der Waals surface area contributed by atoms with Crippen LogP contribution in [0.4, 0.5) is 0 Å². The first-order valence-electron chi connectivity index (χ1n) is 6.68. The van der Waals surface area contributed by atoms with Crippen LogP contribution in [-0.4, -0.2) is 57.5 Å². The Labute approximate surface area is 106 Å². The predicted octanol–water partition coefficient (Wildman–Crippen LogP) is 0.885. The Bertz CT molecular complexity index is 302. The molecule has 1 rings (SSSR count). The first kappa shape index (κ1) is 14.9. The SMILES string of the molecule is CCS(=O)(=O)CCCN1CCCCC1CNC. The van der Waals surface area contributed by atoms with Crippen molar-refractivity contribution in [1.29, 1.82) is 0 Å². The van der Waals surface area contributed by atoms with Gasteiger partial charge in [0, 0.05) is 18.3 Å². The maximum absolute atomic E-state index is 11.4. The molecule has 1 unspecified atom stereocenters. The average Bonchev–Trinajstić information content (AvgIpc) is 2.31. The van der Waals surface area contributed by atoms with Crippen LogP contribution >= 0.6 is 0 Å². The lowest BCUT2D eigenvalue weighted by molar-refractivity contribution is 0.148. The van der Waals surface area contributed by atoms with Crippen molar-refractivity contribution >= 4 is 9.84 Å². The van der Waals surface area contributed by atoms with Crippen LogP contribution in [0.1, 0.15) is 32.6 Å². The van der Waals surface area contributed by atoms with E-state index in [2.05, 4.69) is 10.2 Å². The van der Waals surface area contributed by atoms with E-state index in [1.807, 2.05) is 7.05 Å². The van der Waals surface area contributed by atoms with Gasteiger partial charge in [-0.05, 0) is 39.4 Å². The standard InChI is InChI=1S/C12H26N2O2S/c1-3-17(15,16)10-6-9-14-8-5-4-7-12(14)11-13-2/h12-13H,3-11H2,1-2H3. The minimum Gasteiger partial charge on any atom is -0.318 e. The van der Waals surface area contributed by atoms with E-state index in [4.69, 9.17) is 0 Å². The van der Waals surface area contributed by atoms with E-state index < -0.39 is 9.84 Å². The second-order valence-electron chi connectivity index (χ2n) is 4.83. The minimum atomic E-state index is -2.79. The lowest BCUT2D eigenvalue weighted by atomic mass is 10.0. The average molecular weight is 262 g/mol. The molecule has 0 aliphatic carbocycles. The summed E-state index contributed by atoms with van der Waals surface area (Å²) in [6.45, 7) is 4.78. The van der Waals surface area contributed by atoms with Gasteiger partial charge in [-0.2, -0.15) is 0 Å². The smallest absolute Gasteiger partial charge is 0.150 e. The zero-order chi connectivity index (χ0) is 12.7. The number of likely N-dealkylation sites (tertiary alicyclic amines) is 1. The monoisotopic (exact) mass is 262 g/mol. The third kappa shape index (κ3) is 5.36. The Morgan fingerprint density at radius 1 is 1.35 bits per heavy atom. The predicted molar refractivity (Wildman–Crippen MR) is 72.1 cm³/mol. The van der Waals surface area contributed by atoms with E-state index in [-0.39, 0.29) is 5.75 Å². The quantitative estimate of drug-likeness (QED) is 0.740. The first-order chi connectivity index (χ1) is 8.09. The number of hydrogen-bond donors (Lipinski definition) is 1. The molecule has 4 nitrogen and oxygen atoms in total. The van der Waals surface area contributed by atoms with E-state index in [0.29, 0.717) is 11.8 Å². The fourth-order valence-electron chi connectivity index (χ4n) is 2.45. The van der Waals surface area contributed by atoms with E-state index in [1.54, 1.807) is 6.92 Å². The van der Waals surface area contributed by atoms with Crippen LogP contribution < -0.4 is 5.32 Å². The van der Waals surface area contributed by atoms with Gasteiger partial charge < -0.3 is 5.32 Å². The minimum absolute atomic E-state index is 0.271. The van der Waals surface area contributed by atoms with Crippen LogP contribution in [0.5, 0.6) is 0 Å². The van der Waals surface area contributed by atoms with E-state index >= 15 is 0 Å². The maximum Gasteiger partial charge on any atom is 0.150 e. The summed E-state index contributed by atoms with van der Waals surface area (Å²) in [5.74, 6) is 0.610. The van der Waals surface area contributed by atoms with Gasteiger partial charge in [-0.25, -0.2) is 8.42 Å². The topological polar surface area (TPSA) is 49.4 Å². The molecule has 0 spiro atoms. The Morgan fingerprint density at radius 3 is 2.76 bits per heavy atom. The molecular weight excluding hydrogens is 236 g/mol. The van der Waals surface area contributed by atoms with Crippen molar-refractivity contribution in [3.63, 3.8) is 0 Å². The van der Waals surface area contributed by atoms with Crippen molar-refractivity contribution < 1.29 is 8.42 Å². The lowest BCUT2D eigenvalue weighted by Crippen LogP contribution is -2.45. The molecule has 0 amide bonds. The normalized spacial score (nSPS) is 22.8. The van der Waals surface area contributed by atoms with Crippen LogP contribution in [0.25, 0.3) is 0 Å². The van der Waals surface area contributed by atoms with Gasteiger partial charge in [0.2, 0.25) is 0 Å². The lowest BCUT2D eigenvalue weighted by Gasteiger charge is -2.35. The summed E-state index contributed by atoms with van der Waals surface area (Å²) < 4.78 is 22.8. The second-order valence-corrected chi connectivity index (χ2v) is 7.31. The maximum atomic E-state index is 11.4. The van der Waals surface area contributed by atoms with E-state index in [0.717, 1.165) is 26.1 Å². The highest BCUT2D eigenvalue weighted by atomic mass is 32.2. The number of sulfone groups is 1. The summed E-state index contributed by atoms with van der Waals surface area (Å²) in [5, 5.41) is 3.23. The van der Waals surface area contributed by atoms with Crippen molar-refractivity contribution in [3.8, 4) is 0 Å². The van der Waals surface area contributed by atoms with Crippen molar-refractivity contribution in [2.24, 2.45) is 0 Å². The Balaban J connectivity index is 2.33. The molecule has 1 N–H and O–H groups in total. The highest BCUT2D eigenvalue weighted by molar-refractivity contribution is 7.91. The largest absolute Gasteiger partial charge is 0.318 e. The molecule has 5 heteroatoms. The summed E-state index contributed by atoms with van der Waals surface area (Å²) in [7, 11) is -0.812. The molecule has 1 saturated heterocycles. The Kier molecular flexibility index (Phi) is 6.44. The van der Waals surface area contributed by atoms with Crippen LogP contribution in [0, 0.1) is 0 Å². The molecule has 1 fully saturated rings. The molecule has 0 saturated carbocycles. The number of nitrogens with one attached hydrogen (secondary N) is 1. The van der Waals surface area contributed by atoms with E-state index in [9.17, 15) is 8.42 Å². The van der Waals surface area contributed by atoms with Crippen molar-refractivity contribution in [2.75, 3.05) is 38.2 Å². The van der Waals surface area contributed by atoms with Gasteiger partial charge in [-0.1, -0.05) is 13.3 Å². The van der Waals surface area contributed by atoms with E-state index in [1.165, 1.54) is 19.3 Å². The number of piperidine rings is 1. The van der Waals surface area contributed by atoms with Gasteiger partial charge in [0.15, 0.2) is 0 Å². The fraction of sp³-hybridized carbons (Fsp3) is 1.00. The molecule has 0 radical (unpaired) electrons. The Morgan fingerprint density at radius 2 is 2.12 bits per heavy atom. The van der Waals surface area contributed by atoms with Gasteiger partial charge in [0.1, 0.15) is 9.84 Å². The fourth-order valence-corrected chi connectivity index (χ4v) is 3.31. The summed E-state index contributed by atoms with van der Waals surface area (Å²) in [6.07, 6.45) is 4.56. The van der Waals surface area contributed by atoms with Gasteiger partial charge in [0.05, 0.1) is 5.75 Å². The molecule has 1 atom stereocenters. The zero-order valence-electron chi connectivity index (χ0n) is 11.1. The van der Waals surface area contributed by atoms with Gasteiger partial charge in [-0.15, -0.1) is 0 Å². The van der Waals surface area contributed by atoms with Crippen LogP contribution in [0.15, 0.2) is 0 Å². The first-order valence-corrected chi connectivity index (χ1v) is 8.50. The number of nitrogens with zero attached hydrogens (tertiary/aromatic N) is 1. The molecule has 1 heterocycles. The molecule has 0 aromatic rings. The molecular formula is C12H26N2O2S. The number of likely N-dealkylation sites (N-methyl/N-ethyl adjacent to an activating group) is 1. The van der Waals surface area contributed by atoms with Crippen molar-refractivity contribution in [3.05, 3.63) is 0 Å². The molecule has 0 aromatic carbocycles. The summed E-state index contributed by atoms with van der Waals surface area (Å²) in [5.41, 5.74) is 0. The van der Waals surface area contributed by atoms with Crippen molar-refractivity contribution in [2.45, 2.75) is 38.6 Å². The summed E-state index contributed by atoms with van der Waals surface area (Å²) in [4.78, 5) is 2.45. The molecule has 102 valence electrons. The molecule has 17 heavy (non-hydrogen) atoms. The molecule has 0 bridgehead atoms. The zero-order valence-corrected chi connectivity index (χ0v) is 11.9. The number of rotatable bonds is 7. The molecule has 1 aliphatic rings.